The van der Waals surface area contributed by atoms with Crippen molar-refractivity contribution in [2.45, 2.75) is 12.7 Å². The Morgan fingerprint density at radius 2 is 1.75 bits per heavy atom. The highest BCUT2D eigenvalue weighted by molar-refractivity contribution is 9.10. The lowest BCUT2D eigenvalue weighted by molar-refractivity contribution is -0.137. The van der Waals surface area contributed by atoms with E-state index < -0.39 is 17.6 Å². The van der Waals surface area contributed by atoms with E-state index in [1.807, 2.05) is 6.07 Å². The van der Waals surface area contributed by atoms with Gasteiger partial charge < -0.3 is 5.32 Å². The van der Waals surface area contributed by atoms with Crippen LogP contribution in [0.4, 0.5) is 23.2 Å². The first-order valence-corrected chi connectivity index (χ1v) is 6.50. The molecule has 0 aliphatic heterocycles. The molecule has 1 N–H and O–H groups in total. The van der Waals surface area contributed by atoms with Crippen LogP contribution in [0.2, 0.25) is 0 Å². The second-order valence-corrected chi connectivity index (χ2v) is 5.03. The van der Waals surface area contributed by atoms with Crippen molar-refractivity contribution in [3.05, 3.63) is 63.9 Å². The van der Waals surface area contributed by atoms with Crippen LogP contribution in [0.3, 0.4) is 0 Å². The number of alkyl halides is 3. The van der Waals surface area contributed by atoms with Gasteiger partial charge in [-0.1, -0.05) is 12.1 Å². The molecule has 6 heteroatoms. The van der Waals surface area contributed by atoms with Crippen LogP contribution in [0.1, 0.15) is 11.1 Å². The highest BCUT2D eigenvalue weighted by Gasteiger charge is 2.31. The molecule has 0 saturated heterocycles. The molecule has 0 bridgehead atoms. The molecular formula is C14H10BrF4N. The van der Waals surface area contributed by atoms with Crippen LogP contribution < -0.4 is 5.32 Å². The summed E-state index contributed by atoms with van der Waals surface area (Å²) in [5.74, 6) is -0.899. The summed E-state index contributed by atoms with van der Waals surface area (Å²) in [7, 11) is 0. The molecule has 0 heterocycles. The van der Waals surface area contributed by atoms with Gasteiger partial charge in [0.25, 0.3) is 0 Å². The number of para-hydroxylation sites is 1. The smallest absolute Gasteiger partial charge is 0.380 e. The number of nitrogens with one attached hydrogen (secondary N) is 1. The number of anilines is 1. The molecule has 1 nitrogen and oxygen atoms in total. The Labute approximate surface area is 121 Å². The number of benzene rings is 2. The van der Waals surface area contributed by atoms with E-state index in [2.05, 4.69) is 21.2 Å². The lowest BCUT2D eigenvalue weighted by Gasteiger charge is -2.11. The Morgan fingerprint density at radius 3 is 2.40 bits per heavy atom. The molecule has 2 rings (SSSR count). The van der Waals surface area contributed by atoms with E-state index in [1.54, 1.807) is 18.2 Å². The zero-order valence-corrected chi connectivity index (χ0v) is 11.7. The Hall–Kier alpha value is -1.56. The van der Waals surface area contributed by atoms with Gasteiger partial charge >= 0.3 is 6.18 Å². The average Bonchev–Trinajstić information content (AvgIpc) is 2.36. The third kappa shape index (κ3) is 3.72. The van der Waals surface area contributed by atoms with Crippen molar-refractivity contribution < 1.29 is 17.6 Å². The van der Waals surface area contributed by atoms with Crippen molar-refractivity contribution in [2.24, 2.45) is 0 Å². The Bertz CT molecular complexity index is 610. The van der Waals surface area contributed by atoms with Crippen molar-refractivity contribution in [2.75, 3.05) is 5.32 Å². The van der Waals surface area contributed by atoms with Crippen LogP contribution in [0.25, 0.3) is 0 Å². The summed E-state index contributed by atoms with van der Waals surface area (Å²) in [6, 6.07) is 9.69. The van der Waals surface area contributed by atoms with Crippen LogP contribution in [-0.4, -0.2) is 0 Å². The minimum Gasteiger partial charge on any atom is -0.380 e. The van der Waals surface area contributed by atoms with Crippen LogP contribution in [0, 0.1) is 5.82 Å². The summed E-state index contributed by atoms with van der Waals surface area (Å²) in [4.78, 5) is 0. The van der Waals surface area contributed by atoms with Gasteiger partial charge in [-0.3, -0.25) is 0 Å². The molecular weight excluding hydrogens is 338 g/mol. The molecule has 20 heavy (non-hydrogen) atoms. The van der Waals surface area contributed by atoms with Gasteiger partial charge in [0.2, 0.25) is 0 Å². The summed E-state index contributed by atoms with van der Waals surface area (Å²) < 4.78 is 51.8. The van der Waals surface area contributed by atoms with Gasteiger partial charge in [-0.15, -0.1) is 0 Å². The minimum atomic E-state index is -4.55. The molecule has 0 saturated carbocycles. The fourth-order valence-electron chi connectivity index (χ4n) is 1.72. The summed E-state index contributed by atoms with van der Waals surface area (Å²) in [6.07, 6.45) is -4.55. The van der Waals surface area contributed by atoms with E-state index in [0.29, 0.717) is 6.07 Å². The maximum Gasteiger partial charge on any atom is 0.416 e. The first-order valence-electron chi connectivity index (χ1n) is 5.71. The van der Waals surface area contributed by atoms with Gasteiger partial charge in [0, 0.05) is 16.7 Å². The van der Waals surface area contributed by atoms with Crippen LogP contribution >= 0.6 is 15.9 Å². The zero-order valence-electron chi connectivity index (χ0n) is 10.1. The molecule has 0 spiro atoms. The summed E-state index contributed by atoms with van der Waals surface area (Å²) in [6.45, 7) is 0.101. The second kappa shape index (κ2) is 5.83. The predicted octanol–water partition coefficient (Wildman–Crippen LogP) is 5.22. The first kappa shape index (κ1) is 14.8. The molecule has 0 fully saturated rings. The van der Waals surface area contributed by atoms with Crippen molar-refractivity contribution in [1.29, 1.82) is 0 Å². The third-order valence-corrected chi connectivity index (χ3v) is 3.33. The van der Waals surface area contributed by atoms with Crippen molar-refractivity contribution >= 4 is 21.6 Å². The number of rotatable bonds is 3. The zero-order chi connectivity index (χ0) is 14.8. The van der Waals surface area contributed by atoms with E-state index >= 15 is 0 Å². The van der Waals surface area contributed by atoms with E-state index in [-0.39, 0.29) is 12.1 Å². The standard InChI is InChI=1S/C14H10BrF4N/c15-12-3-1-2-4-13(12)20-8-9-5-10(14(17,18)19)7-11(16)6-9/h1-7,20H,8H2. The molecule has 0 atom stereocenters. The fourth-order valence-corrected chi connectivity index (χ4v) is 2.14. The first-order chi connectivity index (χ1) is 9.36. The van der Waals surface area contributed by atoms with Gasteiger partial charge in [0.05, 0.1) is 5.56 Å². The molecule has 0 aromatic heterocycles. The third-order valence-electron chi connectivity index (χ3n) is 2.64. The van der Waals surface area contributed by atoms with E-state index in [9.17, 15) is 17.6 Å². The van der Waals surface area contributed by atoms with Crippen LogP contribution in [-0.2, 0) is 12.7 Å². The van der Waals surface area contributed by atoms with Gasteiger partial charge in [0.15, 0.2) is 0 Å². The lowest BCUT2D eigenvalue weighted by atomic mass is 10.1. The lowest BCUT2D eigenvalue weighted by Crippen LogP contribution is -2.08. The molecule has 0 aliphatic carbocycles. The van der Waals surface area contributed by atoms with Gasteiger partial charge in [0.1, 0.15) is 5.82 Å². The quantitative estimate of drug-likeness (QED) is 0.750. The van der Waals surface area contributed by atoms with Gasteiger partial charge in [-0.25, -0.2) is 4.39 Å². The molecule has 2 aromatic carbocycles. The van der Waals surface area contributed by atoms with Gasteiger partial charge in [-0.2, -0.15) is 13.2 Å². The van der Waals surface area contributed by atoms with Crippen molar-refractivity contribution in [1.82, 2.24) is 0 Å². The minimum absolute atomic E-state index is 0.101. The van der Waals surface area contributed by atoms with E-state index in [1.165, 1.54) is 0 Å². The highest BCUT2D eigenvalue weighted by Crippen LogP contribution is 2.30. The SMILES string of the molecule is Fc1cc(CNc2ccccc2Br)cc(C(F)(F)F)c1. The normalized spacial score (nSPS) is 11.4. The molecule has 0 aliphatic rings. The average molecular weight is 348 g/mol. The Kier molecular flexibility index (Phi) is 4.32. The number of halogens is 5. The van der Waals surface area contributed by atoms with E-state index in [4.69, 9.17) is 0 Å². The largest absolute Gasteiger partial charge is 0.416 e. The van der Waals surface area contributed by atoms with Crippen molar-refractivity contribution in [3.63, 3.8) is 0 Å². The Morgan fingerprint density at radius 1 is 1.05 bits per heavy atom. The number of hydrogen-bond acceptors (Lipinski definition) is 1. The fraction of sp³-hybridized carbons (Fsp3) is 0.143. The molecule has 0 unspecified atom stereocenters. The number of hydrogen-bond donors (Lipinski definition) is 1. The van der Waals surface area contributed by atoms with Crippen LogP contribution in [0.15, 0.2) is 46.9 Å². The summed E-state index contributed by atoms with van der Waals surface area (Å²) in [5.41, 5.74) is -0.0279. The summed E-state index contributed by atoms with van der Waals surface area (Å²) >= 11 is 3.31. The molecule has 0 radical (unpaired) electrons. The molecule has 106 valence electrons. The maximum atomic E-state index is 13.2. The maximum absolute atomic E-state index is 13.2. The summed E-state index contributed by atoms with van der Waals surface area (Å²) in [5, 5.41) is 2.95. The highest BCUT2D eigenvalue weighted by atomic mass is 79.9. The molecule has 2 aromatic rings. The van der Waals surface area contributed by atoms with Gasteiger partial charge in [-0.05, 0) is 51.8 Å². The predicted molar refractivity (Wildman–Crippen MR) is 72.9 cm³/mol. The second-order valence-electron chi connectivity index (χ2n) is 4.18. The monoisotopic (exact) mass is 347 g/mol. The van der Waals surface area contributed by atoms with E-state index in [0.717, 1.165) is 22.3 Å². The molecule has 0 amide bonds. The Balaban J connectivity index is 2.18. The van der Waals surface area contributed by atoms with Crippen LogP contribution in [0.5, 0.6) is 0 Å². The van der Waals surface area contributed by atoms with Crippen molar-refractivity contribution in [3.8, 4) is 0 Å². The topological polar surface area (TPSA) is 12.0 Å².